The van der Waals surface area contributed by atoms with Crippen molar-refractivity contribution in [3.8, 4) is 0 Å². The molecule has 82 valence electrons. The van der Waals surface area contributed by atoms with E-state index in [1.165, 1.54) is 18.4 Å². The van der Waals surface area contributed by atoms with Crippen LogP contribution in [0, 0.1) is 0 Å². The van der Waals surface area contributed by atoms with Gasteiger partial charge in [-0.05, 0) is 43.9 Å². The number of rotatable bonds is 3. The Kier molecular flexibility index (Phi) is 3.39. The quantitative estimate of drug-likeness (QED) is 0.791. The van der Waals surface area contributed by atoms with Crippen molar-refractivity contribution in [3.05, 3.63) is 35.4 Å². The van der Waals surface area contributed by atoms with Crippen molar-refractivity contribution >= 4 is 0 Å². The Balaban J connectivity index is 2.12. The molecule has 2 atom stereocenters. The number of benzene rings is 1. The van der Waals surface area contributed by atoms with Crippen molar-refractivity contribution in [2.45, 2.75) is 38.3 Å². The van der Waals surface area contributed by atoms with Crippen molar-refractivity contribution in [2.75, 3.05) is 6.54 Å². The summed E-state index contributed by atoms with van der Waals surface area (Å²) in [6.45, 7) is 2.97. The maximum atomic E-state index is 9.66. The van der Waals surface area contributed by atoms with E-state index in [2.05, 4.69) is 17.4 Å². The van der Waals surface area contributed by atoms with Gasteiger partial charge in [0.15, 0.2) is 0 Å². The van der Waals surface area contributed by atoms with Crippen LogP contribution in [0.3, 0.4) is 0 Å². The van der Waals surface area contributed by atoms with Gasteiger partial charge in [-0.1, -0.05) is 24.3 Å². The van der Waals surface area contributed by atoms with Crippen LogP contribution in [0.1, 0.15) is 37.0 Å². The van der Waals surface area contributed by atoms with Gasteiger partial charge in [-0.2, -0.15) is 0 Å². The molecule has 0 amide bonds. The van der Waals surface area contributed by atoms with E-state index in [1.807, 2.05) is 19.1 Å². The Morgan fingerprint density at radius 3 is 2.93 bits per heavy atom. The van der Waals surface area contributed by atoms with Crippen molar-refractivity contribution in [1.29, 1.82) is 0 Å². The molecule has 1 saturated heterocycles. The fraction of sp³-hybridized carbons (Fsp3) is 0.538. The van der Waals surface area contributed by atoms with Crippen LogP contribution in [0.25, 0.3) is 0 Å². The van der Waals surface area contributed by atoms with Gasteiger partial charge in [0.05, 0.1) is 6.10 Å². The summed E-state index contributed by atoms with van der Waals surface area (Å²) in [7, 11) is 0. The van der Waals surface area contributed by atoms with E-state index in [0.717, 1.165) is 18.5 Å². The van der Waals surface area contributed by atoms with Crippen molar-refractivity contribution < 1.29 is 5.11 Å². The van der Waals surface area contributed by atoms with Gasteiger partial charge >= 0.3 is 0 Å². The standard InChI is InChI=1S/C13H19NO/c1-10(15)13-7-3-2-5-11(13)9-12-6-4-8-14-12/h2-3,5,7,10,12,14-15H,4,6,8-9H2,1H3. The molecule has 2 nitrogen and oxygen atoms in total. The zero-order chi connectivity index (χ0) is 10.7. The normalized spacial score (nSPS) is 22.9. The van der Waals surface area contributed by atoms with Crippen LogP contribution in [-0.4, -0.2) is 17.7 Å². The second kappa shape index (κ2) is 4.77. The average Bonchev–Trinajstić information content (AvgIpc) is 2.71. The number of hydrogen-bond acceptors (Lipinski definition) is 2. The molecule has 2 N–H and O–H groups in total. The Labute approximate surface area is 91.3 Å². The molecule has 2 heteroatoms. The van der Waals surface area contributed by atoms with Crippen LogP contribution in [0.15, 0.2) is 24.3 Å². The van der Waals surface area contributed by atoms with Crippen LogP contribution in [0.4, 0.5) is 0 Å². The lowest BCUT2D eigenvalue weighted by Gasteiger charge is -2.15. The molecule has 1 aromatic rings. The van der Waals surface area contributed by atoms with Crippen LogP contribution < -0.4 is 5.32 Å². The largest absolute Gasteiger partial charge is 0.389 e. The topological polar surface area (TPSA) is 32.3 Å². The third-order valence-electron chi connectivity index (χ3n) is 3.13. The van der Waals surface area contributed by atoms with Gasteiger partial charge < -0.3 is 10.4 Å². The van der Waals surface area contributed by atoms with E-state index in [9.17, 15) is 5.11 Å². The summed E-state index contributed by atoms with van der Waals surface area (Å²) in [4.78, 5) is 0. The molecular formula is C13H19NO. The summed E-state index contributed by atoms with van der Waals surface area (Å²) < 4.78 is 0. The molecule has 0 aliphatic carbocycles. The third kappa shape index (κ3) is 2.58. The zero-order valence-corrected chi connectivity index (χ0v) is 9.24. The van der Waals surface area contributed by atoms with Crippen LogP contribution >= 0.6 is 0 Å². The lowest BCUT2D eigenvalue weighted by Crippen LogP contribution is -2.24. The highest BCUT2D eigenvalue weighted by Crippen LogP contribution is 2.20. The van der Waals surface area contributed by atoms with Gasteiger partial charge in [-0.15, -0.1) is 0 Å². The molecule has 2 unspecified atom stereocenters. The third-order valence-corrected chi connectivity index (χ3v) is 3.13. The van der Waals surface area contributed by atoms with E-state index >= 15 is 0 Å². The molecule has 0 radical (unpaired) electrons. The minimum atomic E-state index is -0.359. The van der Waals surface area contributed by atoms with Crippen LogP contribution in [-0.2, 0) is 6.42 Å². The first-order chi connectivity index (χ1) is 7.27. The minimum absolute atomic E-state index is 0.359. The highest BCUT2D eigenvalue weighted by Gasteiger charge is 2.16. The summed E-state index contributed by atoms with van der Waals surface area (Å²) >= 11 is 0. The lowest BCUT2D eigenvalue weighted by atomic mass is 9.97. The summed E-state index contributed by atoms with van der Waals surface area (Å²) in [5, 5.41) is 13.1. The Morgan fingerprint density at radius 1 is 1.47 bits per heavy atom. The van der Waals surface area contributed by atoms with E-state index in [-0.39, 0.29) is 6.10 Å². The molecular weight excluding hydrogens is 186 g/mol. The second-order valence-electron chi connectivity index (χ2n) is 4.37. The Bertz CT molecular complexity index is 316. The van der Waals surface area contributed by atoms with Crippen molar-refractivity contribution in [1.82, 2.24) is 5.32 Å². The van der Waals surface area contributed by atoms with Gasteiger partial charge in [-0.25, -0.2) is 0 Å². The summed E-state index contributed by atoms with van der Waals surface area (Å²) in [6.07, 6.45) is 3.22. The van der Waals surface area contributed by atoms with E-state index < -0.39 is 0 Å². The molecule has 0 bridgehead atoms. The molecule has 0 aromatic heterocycles. The Morgan fingerprint density at radius 2 is 2.27 bits per heavy atom. The summed E-state index contributed by atoms with van der Waals surface area (Å²) in [5.41, 5.74) is 2.36. The monoisotopic (exact) mass is 205 g/mol. The maximum Gasteiger partial charge on any atom is 0.0764 e. The Hall–Kier alpha value is -0.860. The predicted molar refractivity (Wildman–Crippen MR) is 61.8 cm³/mol. The van der Waals surface area contributed by atoms with Crippen LogP contribution in [0.2, 0.25) is 0 Å². The van der Waals surface area contributed by atoms with Gasteiger partial charge in [0.1, 0.15) is 0 Å². The average molecular weight is 205 g/mol. The van der Waals surface area contributed by atoms with Gasteiger partial charge in [0.2, 0.25) is 0 Å². The molecule has 1 aliphatic heterocycles. The SMILES string of the molecule is CC(O)c1ccccc1CC1CCCN1. The number of aliphatic hydroxyl groups excluding tert-OH is 1. The molecule has 15 heavy (non-hydrogen) atoms. The lowest BCUT2D eigenvalue weighted by molar-refractivity contribution is 0.198. The summed E-state index contributed by atoms with van der Waals surface area (Å²) in [5.74, 6) is 0. The predicted octanol–water partition coefficient (Wildman–Crippen LogP) is 2.03. The molecule has 2 rings (SSSR count). The highest BCUT2D eigenvalue weighted by atomic mass is 16.3. The van der Waals surface area contributed by atoms with Crippen molar-refractivity contribution in [3.63, 3.8) is 0 Å². The second-order valence-corrected chi connectivity index (χ2v) is 4.37. The van der Waals surface area contributed by atoms with Gasteiger partial charge in [0, 0.05) is 6.04 Å². The first kappa shape index (κ1) is 10.7. The number of nitrogens with one attached hydrogen (secondary N) is 1. The fourth-order valence-electron chi connectivity index (χ4n) is 2.32. The first-order valence-electron chi connectivity index (χ1n) is 5.76. The smallest absolute Gasteiger partial charge is 0.0764 e. The number of hydrogen-bond donors (Lipinski definition) is 2. The van der Waals surface area contributed by atoms with Crippen molar-refractivity contribution in [2.24, 2.45) is 0 Å². The molecule has 1 heterocycles. The molecule has 1 aliphatic rings. The van der Waals surface area contributed by atoms with E-state index in [4.69, 9.17) is 0 Å². The minimum Gasteiger partial charge on any atom is -0.389 e. The molecule has 1 fully saturated rings. The van der Waals surface area contributed by atoms with E-state index in [1.54, 1.807) is 0 Å². The number of aliphatic hydroxyl groups is 1. The summed E-state index contributed by atoms with van der Waals surface area (Å²) in [6, 6.07) is 8.80. The molecule has 0 spiro atoms. The molecule has 0 saturated carbocycles. The first-order valence-corrected chi connectivity index (χ1v) is 5.76. The van der Waals surface area contributed by atoms with E-state index in [0.29, 0.717) is 6.04 Å². The zero-order valence-electron chi connectivity index (χ0n) is 9.24. The van der Waals surface area contributed by atoms with Gasteiger partial charge in [-0.3, -0.25) is 0 Å². The maximum absolute atomic E-state index is 9.66. The van der Waals surface area contributed by atoms with Gasteiger partial charge in [0.25, 0.3) is 0 Å². The van der Waals surface area contributed by atoms with Crippen LogP contribution in [0.5, 0.6) is 0 Å². The fourth-order valence-corrected chi connectivity index (χ4v) is 2.32. The molecule has 1 aromatic carbocycles. The highest BCUT2D eigenvalue weighted by molar-refractivity contribution is 5.29.